The summed E-state index contributed by atoms with van der Waals surface area (Å²) >= 11 is 0. The Morgan fingerprint density at radius 1 is 1.62 bits per heavy atom. The second-order valence-electron chi connectivity index (χ2n) is 4.51. The molecular weight excluding hydrogens is 202 g/mol. The average Bonchev–Trinajstić information content (AvgIpc) is 3.00. The smallest absolute Gasteiger partial charge is 0.161 e. The minimum atomic E-state index is 0.375. The molecule has 1 aliphatic rings. The number of nitrogens with zero attached hydrogens (tertiary/aromatic N) is 2. The summed E-state index contributed by atoms with van der Waals surface area (Å²) in [5, 5.41) is 7.80. The predicted molar refractivity (Wildman–Crippen MR) is 63.5 cm³/mol. The first kappa shape index (κ1) is 11.5. The Labute approximate surface area is 97.0 Å². The molecular formula is C12H21N3O. The number of ether oxygens (including phenoxy) is 1. The zero-order chi connectivity index (χ0) is 11.5. The Hall–Kier alpha value is -1.03. The van der Waals surface area contributed by atoms with Crippen LogP contribution in [0.4, 0.5) is 0 Å². The zero-order valence-corrected chi connectivity index (χ0v) is 10.4. The van der Waals surface area contributed by atoms with Gasteiger partial charge in [-0.25, -0.2) is 0 Å². The van der Waals surface area contributed by atoms with Gasteiger partial charge in [-0.2, -0.15) is 5.10 Å². The van der Waals surface area contributed by atoms with Crippen LogP contribution in [-0.2, 0) is 7.05 Å². The van der Waals surface area contributed by atoms with Crippen molar-refractivity contribution in [3.63, 3.8) is 0 Å². The molecule has 0 aliphatic heterocycles. The van der Waals surface area contributed by atoms with Crippen molar-refractivity contribution in [2.45, 2.75) is 32.2 Å². The fourth-order valence-corrected chi connectivity index (χ4v) is 2.21. The largest absolute Gasteiger partial charge is 0.493 e. The lowest BCUT2D eigenvalue weighted by Crippen LogP contribution is -2.24. The fourth-order valence-electron chi connectivity index (χ4n) is 2.21. The van der Waals surface area contributed by atoms with Crippen molar-refractivity contribution in [2.24, 2.45) is 13.0 Å². The summed E-state index contributed by atoms with van der Waals surface area (Å²) in [4.78, 5) is 0. The van der Waals surface area contributed by atoms with E-state index in [0.717, 1.165) is 18.2 Å². The van der Waals surface area contributed by atoms with Crippen LogP contribution in [0.15, 0.2) is 6.20 Å². The van der Waals surface area contributed by atoms with Gasteiger partial charge in [-0.05, 0) is 18.9 Å². The lowest BCUT2D eigenvalue weighted by atomic mass is 10.1. The van der Waals surface area contributed by atoms with Gasteiger partial charge in [-0.1, -0.05) is 19.8 Å². The topological polar surface area (TPSA) is 39.1 Å². The van der Waals surface area contributed by atoms with Crippen LogP contribution in [-0.4, -0.2) is 23.4 Å². The Bertz CT molecular complexity index is 344. The first-order chi connectivity index (χ1) is 7.76. The summed E-state index contributed by atoms with van der Waals surface area (Å²) in [6.45, 7) is 3.12. The van der Waals surface area contributed by atoms with E-state index in [4.69, 9.17) is 4.74 Å². The minimum absolute atomic E-state index is 0.375. The van der Waals surface area contributed by atoms with Gasteiger partial charge >= 0.3 is 0 Å². The van der Waals surface area contributed by atoms with E-state index < -0.39 is 0 Å². The van der Waals surface area contributed by atoms with Gasteiger partial charge in [0.1, 0.15) is 0 Å². The van der Waals surface area contributed by atoms with Crippen molar-refractivity contribution in [1.82, 2.24) is 15.1 Å². The Morgan fingerprint density at radius 2 is 2.38 bits per heavy atom. The summed E-state index contributed by atoms with van der Waals surface area (Å²) in [5.41, 5.74) is 1.18. The maximum atomic E-state index is 5.37. The quantitative estimate of drug-likeness (QED) is 0.800. The normalized spacial score (nSPS) is 17.4. The fraction of sp³-hybridized carbons (Fsp3) is 0.750. The summed E-state index contributed by atoms with van der Waals surface area (Å²) in [6.07, 6.45) is 5.75. The molecule has 0 aromatic carbocycles. The highest BCUT2D eigenvalue weighted by molar-refractivity contribution is 5.28. The molecule has 4 nitrogen and oxygen atoms in total. The van der Waals surface area contributed by atoms with Crippen LogP contribution in [0.3, 0.4) is 0 Å². The number of aryl methyl sites for hydroxylation is 1. The highest BCUT2D eigenvalue weighted by Gasteiger charge is 2.29. The molecule has 1 heterocycles. The van der Waals surface area contributed by atoms with Crippen LogP contribution in [0.25, 0.3) is 0 Å². The number of hydrogen-bond acceptors (Lipinski definition) is 3. The molecule has 0 spiro atoms. The average molecular weight is 223 g/mol. The van der Waals surface area contributed by atoms with E-state index in [-0.39, 0.29) is 0 Å². The molecule has 1 atom stereocenters. The van der Waals surface area contributed by atoms with E-state index in [9.17, 15) is 0 Å². The van der Waals surface area contributed by atoms with Crippen molar-refractivity contribution in [3.05, 3.63) is 11.9 Å². The zero-order valence-electron chi connectivity index (χ0n) is 10.4. The molecule has 90 valence electrons. The molecule has 1 unspecified atom stereocenters. The van der Waals surface area contributed by atoms with Gasteiger partial charge in [0.15, 0.2) is 5.75 Å². The highest BCUT2D eigenvalue weighted by atomic mass is 16.5. The number of rotatable bonds is 6. The van der Waals surface area contributed by atoms with Crippen LogP contribution in [0.1, 0.15) is 37.9 Å². The predicted octanol–water partition coefficient (Wildman–Crippen LogP) is 1.88. The van der Waals surface area contributed by atoms with E-state index in [1.165, 1.54) is 25.0 Å². The van der Waals surface area contributed by atoms with Gasteiger partial charge in [0.25, 0.3) is 0 Å². The monoisotopic (exact) mass is 223 g/mol. The minimum Gasteiger partial charge on any atom is -0.493 e. The van der Waals surface area contributed by atoms with Crippen molar-refractivity contribution >= 4 is 0 Å². The van der Waals surface area contributed by atoms with Crippen LogP contribution in [0.5, 0.6) is 5.75 Å². The van der Waals surface area contributed by atoms with Crippen molar-refractivity contribution in [3.8, 4) is 5.75 Å². The second-order valence-corrected chi connectivity index (χ2v) is 4.51. The molecule has 16 heavy (non-hydrogen) atoms. The summed E-state index contributed by atoms with van der Waals surface area (Å²) < 4.78 is 7.30. The van der Waals surface area contributed by atoms with E-state index >= 15 is 0 Å². The molecule has 2 rings (SSSR count). The molecule has 1 N–H and O–H groups in total. The van der Waals surface area contributed by atoms with E-state index in [2.05, 4.69) is 17.3 Å². The van der Waals surface area contributed by atoms with Gasteiger partial charge < -0.3 is 10.1 Å². The molecule has 4 heteroatoms. The highest BCUT2D eigenvalue weighted by Crippen LogP contribution is 2.39. The number of methoxy groups -OCH3 is 1. The summed E-state index contributed by atoms with van der Waals surface area (Å²) in [5.74, 6) is 1.79. The van der Waals surface area contributed by atoms with Gasteiger partial charge in [0, 0.05) is 7.05 Å². The Balaban J connectivity index is 2.17. The SMILES string of the molecule is CCNC(CC1CC1)c1c(OC)cnn1C. The Kier molecular flexibility index (Phi) is 3.49. The Morgan fingerprint density at radius 3 is 2.94 bits per heavy atom. The maximum Gasteiger partial charge on any atom is 0.161 e. The van der Waals surface area contributed by atoms with Gasteiger partial charge in [0.2, 0.25) is 0 Å². The third-order valence-corrected chi connectivity index (χ3v) is 3.22. The third kappa shape index (κ3) is 2.38. The van der Waals surface area contributed by atoms with Crippen molar-refractivity contribution in [2.75, 3.05) is 13.7 Å². The van der Waals surface area contributed by atoms with Crippen LogP contribution in [0, 0.1) is 5.92 Å². The molecule has 1 aliphatic carbocycles. The molecule has 1 aromatic rings. The first-order valence-corrected chi connectivity index (χ1v) is 6.05. The van der Waals surface area contributed by atoms with E-state index in [1.54, 1.807) is 13.3 Å². The van der Waals surface area contributed by atoms with Crippen LogP contribution < -0.4 is 10.1 Å². The van der Waals surface area contributed by atoms with Gasteiger partial charge in [-0.3, -0.25) is 4.68 Å². The van der Waals surface area contributed by atoms with E-state index in [1.807, 2.05) is 11.7 Å². The van der Waals surface area contributed by atoms with Crippen molar-refractivity contribution in [1.29, 1.82) is 0 Å². The lowest BCUT2D eigenvalue weighted by Gasteiger charge is -2.19. The van der Waals surface area contributed by atoms with Gasteiger partial charge in [0.05, 0.1) is 25.0 Å². The maximum absolute atomic E-state index is 5.37. The molecule has 0 bridgehead atoms. The molecule has 1 saturated carbocycles. The number of hydrogen-bond donors (Lipinski definition) is 1. The molecule has 0 amide bonds. The molecule has 1 fully saturated rings. The van der Waals surface area contributed by atoms with E-state index in [0.29, 0.717) is 6.04 Å². The third-order valence-electron chi connectivity index (χ3n) is 3.22. The second kappa shape index (κ2) is 4.87. The molecule has 1 aromatic heterocycles. The summed E-state index contributed by atoms with van der Waals surface area (Å²) in [6, 6.07) is 0.375. The van der Waals surface area contributed by atoms with Gasteiger partial charge in [-0.15, -0.1) is 0 Å². The number of aromatic nitrogens is 2. The molecule has 0 saturated heterocycles. The standard InChI is InChI=1S/C12H21N3O/c1-4-13-10(7-9-5-6-9)12-11(16-3)8-14-15(12)2/h8-10,13H,4-7H2,1-3H3. The van der Waals surface area contributed by atoms with Crippen LogP contribution >= 0.6 is 0 Å². The number of nitrogens with one attached hydrogen (secondary N) is 1. The molecule has 0 radical (unpaired) electrons. The van der Waals surface area contributed by atoms with Crippen molar-refractivity contribution < 1.29 is 4.74 Å². The first-order valence-electron chi connectivity index (χ1n) is 6.05. The lowest BCUT2D eigenvalue weighted by molar-refractivity contribution is 0.385. The summed E-state index contributed by atoms with van der Waals surface area (Å²) in [7, 11) is 3.69. The van der Waals surface area contributed by atoms with Crippen LogP contribution in [0.2, 0.25) is 0 Å².